The van der Waals surface area contributed by atoms with Crippen LogP contribution in [0.25, 0.3) is 33.3 Å². The van der Waals surface area contributed by atoms with E-state index in [1.807, 2.05) is 84.9 Å². The molecule has 1 heterocycles. The number of methoxy groups -OCH3 is 2. The SMILES string of the molecule is COC(=O)C(C(=O)OC)n1c(-c2ccccc2)c(-c2ccccc2)c2ccccc21. The molecule has 1 aromatic heterocycles. The number of rotatable bonds is 5. The number of carbonyl (C=O) groups excluding carboxylic acids is 2. The molecule has 150 valence electrons. The summed E-state index contributed by atoms with van der Waals surface area (Å²) >= 11 is 0. The third kappa shape index (κ3) is 3.24. The van der Waals surface area contributed by atoms with Gasteiger partial charge >= 0.3 is 11.9 Å². The highest BCUT2D eigenvalue weighted by molar-refractivity contribution is 6.08. The van der Waals surface area contributed by atoms with E-state index in [1.54, 1.807) is 4.57 Å². The molecule has 3 aromatic carbocycles. The Hall–Kier alpha value is -3.86. The first kappa shape index (κ1) is 19.5. The zero-order valence-corrected chi connectivity index (χ0v) is 16.7. The third-order valence-corrected chi connectivity index (χ3v) is 5.13. The van der Waals surface area contributed by atoms with Crippen molar-refractivity contribution in [3.8, 4) is 22.4 Å². The third-order valence-electron chi connectivity index (χ3n) is 5.13. The van der Waals surface area contributed by atoms with Crippen LogP contribution in [0.3, 0.4) is 0 Å². The number of ether oxygens (including phenoxy) is 2. The summed E-state index contributed by atoms with van der Waals surface area (Å²) in [5.41, 5.74) is 4.31. The van der Waals surface area contributed by atoms with Crippen LogP contribution in [-0.2, 0) is 19.1 Å². The van der Waals surface area contributed by atoms with Gasteiger partial charge in [-0.2, -0.15) is 0 Å². The molecule has 0 bridgehead atoms. The van der Waals surface area contributed by atoms with Gasteiger partial charge < -0.3 is 14.0 Å². The molecule has 5 nitrogen and oxygen atoms in total. The van der Waals surface area contributed by atoms with E-state index in [1.165, 1.54) is 14.2 Å². The van der Waals surface area contributed by atoms with Crippen LogP contribution in [0.1, 0.15) is 6.04 Å². The van der Waals surface area contributed by atoms with Crippen molar-refractivity contribution in [3.05, 3.63) is 84.9 Å². The van der Waals surface area contributed by atoms with Gasteiger partial charge in [-0.05, 0) is 17.2 Å². The van der Waals surface area contributed by atoms with E-state index in [4.69, 9.17) is 9.47 Å². The lowest BCUT2D eigenvalue weighted by Crippen LogP contribution is -2.30. The lowest BCUT2D eigenvalue weighted by Gasteiger charge is -2.19. The predicted octanol–water partition coefficient (Wildman–Crippen LogP) is 4.86. The van der Waals surface area contributed by atoms with Crippen LogP contribution in [0.5, 0.6) is 0 Å². The molecule has 0 radical (unpaired) electrons. The van der Waals surface area contributed by atoms with Crippen LogP contribution in [0.2, 0.25) is 0 Å². The van der Waals surface area contributed by atoms with Crippen LogP contribution in [0.15, 0.2) is 84.9 Å². The Morgan fingerprint density at radius 2 is 1.20 bits per heavy atom. The Balaban J connectivity index is 2.17. The van der Waals surface area contributed by atoms with E-state index in [2.05, 4.69) is 0 Å². The number of fused-ring (bicyclic) bond motifs is 1. The molecule has 30 heavy (non-hydrogen) atoms. The first-order chi connectivity index (χ1) is 14.7. The highest BCUT2D eigenvalue weighted by Gasteiger charge is 2.35. The van der Waals surface area contributed by atoms with Gasteiger partial charge in [-0.1, -0.05) is 78.9 Å². The second kappa shape index (κ2) is 8.25. The molecule has 0 spiro atoms. The van der Waals surface area contributed by atoms with E-state index in [0.717, 1.165) is 33.3 Å². The van der Waals surface area contributed by atoms with Crippen molar-refractivity contribution >= 4 is 22.8 Å². The number of carbonyl (C=O) groups is 2. The first-order valence-electron chi connectivity index (χ1n) is 9.56. The maximum atomic E-state index is 12.7. The fourth-order valence-corrected chi connectivity index (χ4v) is 3.84. The van der Waals surface area contributed by atoms with E-state index < -0.39 is 18.0 Å². The van der Waals surface area contributed by atoms with Gasteiger partial charge in [0.15, 0.2) is 0 Å². The smallest absolute Gasteiger partial charge is 0.340 e. The van der Waals surface area contributed by atoms with Crippen molar-refractivity contribution in [3.63, 3.8) is 0 Å². The van der Waals surface area contributed by atoms with E-state index >= 15 is 0 Å². The van der Waals surface area contributed by atoms with Gasteiger partial charge in [0, 0.05) is 10.9 Å². The van der Waals surface area contributed by atoms with Gasteiger partial charge in [-0.15, -0.1) is 0 Å². The largest absolute Gasteiger partial charge is 0.467 e. The zero-order chi connectivity index (χ0) is 21.1. The van der Waals surface area contributed by atoms with Gasteiger partial charge in [0.1, 0.15) is 0 Å². The van der Waals surface area contributed by atoms with Gasteiger partial charge in [0.05, 0.1) is 25.4 Å². The molecular weight excluding hydrogens is 378 g/mol. The van der Waals surface area contributed by atoms with Crippen LogP contribution < -0.4 is 0 Å². The molecule has 0 aliphatic carbocycles. The summed E-state index contributed by atoms with van der Waals surface area (Å²) in [5, 5.41) is 0.931. The normalized spacial score (nSPS) is 10.9. The van der Waals surface area contributed by atoms with Crippen molar-refractivity contribution in [1.82, 2.24) is 4.57 Å². The van der Waals surface area contributed by atoms with Crippen LogP contribution in [-0.4, -0.2) is 30.7 Å². The Bertz CT molecular complexity index is 1180. The average Bonchev–Trinajstić information content (AvgIpc) is 3.15. The fourth-order valence-electron chi connectivity index (χ4n) is 3.84. The molecule has 0 fully saturated rings. The summed E-state index contributed by atoms with van der Waals surface area (Å²) in [6.07, 6.45) is 0. The topological polar surface area (TPSA) is 57.5 Å². The molecule has 0 aliphatic heterocycles. The van der Waals surface area contributed by atoms with Crippen LogP contribution in [0.4, 0.5) is 0 Å². The summed E-state index contributed by atoms with van der Waals surface area (Å²) in [6.45, 7) is 0. The number of benzene rings is 3. The molecule has 4 rings (SSSR count). The molecule has 0 unspecified atom stereocenters. The van der Waals surface area contributed by atoms with Crippen molar-refractivity contribution in [2.75, 3.05) is 14.2 Å². The maximum absolute atomic E-state index is 12.7. The molecule has 0 N–H and O–H groups in total. The fraction of sp³-hybridized carbons (Fsp3) is 0.120. The number of nitrogens with zero attached hydrogens (tertiary/aromatic N) is 1. The number of esters is 2. The number of hydrogen-bond acceptors (Lipinski definition) is 4. The monoisotopic (exact) mass is 399 g/mol. The average molecular weight is 399 g/mol. The van der Waals surface area contributed by atoms with Gasteiger partial charge in [0.25, 0.3) is 0 Å². The number of aromatic nitrogens is 1. The van der Waals surface area contributed by atoms with E-state index in [-0.39, 0.29) is 0 Å². The lowest BCUT2D eigenvalue weighted by molar-refractivity contribution is -0.157. The van der Waals surface area contributed by atoms with Crippen molar-refractivity contribution in [1.29, 1.82) is 0 Å². The quantitative estimate of drug-likeness (QED) is 0.355. The molecule has 0 saturated heterocycles. The van der Waals surface area contributed by atoms with Crippen molar-refractivity contribution in [2.24, 2.45) is 0 Å². The van der Waals surface area contributed by atoms with Crippen molar-refractivity contribution in [2.45, 2.75) is 6.04 Å². The second-order valence-corrected chi connectivity index (χ2v) is 6.79. The summed E-state index contributed by atoms with van der Waals surface area (Å²) in [6, 6.07) is 26.1. The molecule has 5 heteroatoms. The highest BCUT2D eigenvalue weighted by Crippen LogP contribution is 2.42. The Morgan fingerprint density at radius 3 is 1.77 bits per heavy atom. The van der Waals surface area contributed by atoms with Crippen molar-refractivity contribution < 1.29 is 19.1 Å². The molecule has 0 saturated carbocycles. The molecule has 0 amide bonds. The lowest BCUT2D eigenvalue weighted by atomic mass is 9.98. The summed E-state index contributed by atoms with van der Waals surface area (Å²) in [5.74, 6) is -1.36. The standard InChI is InChI=1S/C25H21NO4/c1-29-24(27)23(25(28)30-2)26-20-16-10-9-15-19(20)21(17-11-5-3-6-12-17)22(26)18-13-7-4-8-14-18/h3-16,23H,1-2H3. The van der Waals surface area contributed by atoms with Gasteiger partial charge in [0.2, 0.25) is 6.04 Å². The minimum Gasteiger partial charge on any atom is -0.467 e. The second-order valence-electron chi connectivity index (χ2n) is 6.79. The summed E-state index contributed by atoms with van der Waals surface area (Å²) < 4.78 is 11.7. The molecule has 0 atom stereocenters. The van der Waals surface area contributed by atoms with E-state index in [9.17, 15) is 9.59 Å². The van der Waals surface area contributed by atoms with Crippen LogP contribution in [0, 0.1) is 0 Å². The van der Waals surface area contributed by atoms with Gasteiger partial charge in [-0.3, -0.25) is 0 Å². The zero-order valence-electron chi connectivity index (χ0n) is 16.7. The minimum atomic E-state index is -1.27. The minimum absolute atomic E-state index is 0.681. The molecule has 4 aromatic rings. The molecule has 0 aliphatic rings. The summed E-state index contributed by atoms with van der Waals surface area (Å²) in [7, 11) is 2.54. The number of hydrogen-bond donors (Lipinski definition) is 0. The number of para-hydroxylation sites is 1. The first-order valence-corrected chi connectivity index (χ1v) is 9.56. The maximum Gasteiger partial charge on any atom is 0.340 e. The van der Waals surface area contributed by atoms with Gasteiger partial charge in [-0.25, -0.2) is 9.59 Å². The Labute approximate surface area is 174 Å². The highest BCUT2D eigenvalue weighted by atomic mass is 16.5. The van der Waals surface area contributed by atoms with Crippen LogP contribution >= 0.6 is 0 Å². The Morgan fingerprint density at radius 1 is 0.700 bits per heavy atom. The molecular formula is C25H21NO4. The Kier molecular flexibility index (Phi) is 5.35. The van der Waals surface area contributed by atoms with E-state index in [0.29, 0.717) is 0 Å². The predicted molar refractivity (Wildman–Crippen MR) is 116 cm³/mol. The summed E-state index contributed by atoms with van der Waals surface area (Å²) in [4.78, 5) is 25.5.